The van der Waals surface area contributed by atoms with Crippen LogP contribution in [0.2, 0.25) is 5.02 Å². The summed E-state index contributed by atoms with van der Waals surface area (Å²) in [6.07, 6.45) is 0.481. The van der Waals surface area contributed by atoms with Crippen LogP contribution in [0.1, 0.15) is 40.1 Å². The minimum Gasteiger partial charge on any atom is -0.373 e. The second kappa shape index (κ2) is 10.0. The van der Waals surface area contributed by atoms with Gasteiger partial charge in [0.15, 0.2) is 0 Å². The van der Waals surface area contributed by atoms with E-state index in [1.807, 2.05) is 29.2 Å². The number of rotatable bonds is 4. The van der Waals surface area contributed by atoms with E-state index in [9.17, 15) is 9.59 Å². The van der Waals surface area contributed by atoms with E-state index in [1.165, 1.54) is 5.56 Å². The number of carbonyl (C=O) groups excluding carboxylic acids is 2. The minimum absolute atomic E-state index is 0.0174. The molecule has 6 nitrogen and oxygen atoms in total. The van der Waals surface area contributed by atoms with Crippen molar-refractivity contribution in [2.45, 2.75) is 32.6 Å². The zero-order valence-corrected chi connectivity index (χ0v) is 19.4. The molecule has 0 N–H and O–H groups in total. The van der Waals surface area contributed by atoms with Gasteiger partial charge in [0.25, 0.3) is 11.8 Å². The van der Waals surface area contributed by atoms with Gasteiger partial charge in [0, 0.05) is 62.0 Å². The van der Waals surface area contributed by atoms with Crippen LogP contribution in [0.5, 0.6) is 0 Å². The molecule has 2 amide bonds. The van der Waals surface area contributed by atoms with Crippen molar-refractivity contribution in [3.8, 4) is 0 Å². The lowest BCUT2D eigenvalue weighted by atomic mass is 10.1. The average Bonchev–Trinajstić information content (AvgIpc) is 2.79. The molecule has 170 valence electrons. The fourth-order valence-corrected chi connectivity index (χ4v) is 4.62. The minimum atomic E-state index is -0.0233. The molecule has 0 bridgehead atoms. The number of halogens is 1. The van der Waals surface area contributed by atoms with Crippen molar-refractivity contribution in [3.05, 3.63) is 70.2 Å². The summed E-state index contributed by atoms with van der Waals surface area (Å²) in [6, 6.07) is 14.8. The third kappa shape index (κ3) is 5.49. The highest BCUT2D eigenvalue weighted by Gasteiger charge is 2.26. The summed E-state index contributed by atoms with van der Waals surface area (Å²) >= 11 is 5.91. The number of benzene rings is 2. The lowest BCUT2D eigenvalue weighted by Crippen LogP contribution is -2.50. The number of nitrogens with zero attached hydrogens (tertiary/aromatic N) is 3. The van der Waals surface area contributed by atoms with Crippen LogP contribution in [0.15, 0.2) is 48.5 Å². The Morgan fingerprint density at radius 3 is 1.72 bits per heavy atom. The Hall–Kier alpha value is -2.41. The van der Waals surface area contributed by atoms with E-state index >= 15 is 0 Å². The summed E-state index contributed by atoms with van der Waals surface area (Å²) in [5.41, 5.74) is 2.50. The lowest BCUT2D eigenvalue weighted by molar-refractivity contribution is -0.0704. The van der Waals surface area contributed by atoms with Crippen molar-refractivity contribution >= 4 is 23.4 Å². The van der Waals surface area contributed by atoms with E-state index in [0.717, 1.165) is 19.6 Å². The van der Waals surface area contributed by atoms with E-state index < -0.39 is 0 Å². The third-order valence-electron chi connectivity index (χ3n) is 6.05. The summed E-state index contributed by atoms with van der Waals surface area (Å²) < 4.78 is 5.80. The van der Waals surface area contributed by atoms with Crippen LogP contribution in [-0.4, -0.2) is 78.0 Å². The van der Waals surface area contributed by atoms with Crippen LogP contribution in [0.4, 0.5) is 0 Å². The van der Waals surface area contributed by atoms with Crippen LogP contribution in [-0.2, 0) is 11.3 Å². The lowest BCUT2D eigenvalue weighted by Gasteiger charge is -2.35. The Labute approximate surface area is 194 Å². The van der Waals surface area contributed by atoms with Gasteiger partial charge in [-0.1, -0.05) is 23.7 Å². The molecule has 2 aliphatic heterocycles. The molecule has 2 fully saturated rings. The maximum atomic E-state index is 13.0. The molecule has 2 aliphatic rings. The molecule has 32 heavy (non-hydrogen) atoms. The van der Waals surface area contributed by atoms with Crippen LogP contribution in [0.3, 0.4) is 0 Å². The number of hydrogen-bond donors (Lipinski definition) is 0. The maximum absolute atomic E-state index is 13.0. The number of hydrogen-bond acceptors (Lipinski definition) is 4. The fraction of sp³-hybridized carbons (Fsp3) is 0.440. The molecule has 7 heteroatoms. The van der Waals surface area contributed by atoms with Crippen LogP contribution in [0.25, 0.3) is 0 Å². The Morgan fingerprint density at radius 2 is 1.25 bits per heavy atom. The smallest absolute Gasteiger partial charge is 0.253 e. The first-order valence-electron chi connectivity index (χ1n) is 11.2. The highest BCUT2D eigenvalue weighted by atomic mass is 35.5. The predicted octanol–water partition coefficient (Wildman–Crippen LogP) is 3.55. The van der Waals surface area contributed by atoms with Crippen LogP contribution < -0.4 is 0 Å². The van der Waals surface area contributed by atoms with Gasteiger partial charge >= 0.3 is 0 Å². The summed E-state index contributed by atoms with van der Waals surface area (Å²) in [5.74, 6) is -0.00590. The molecule has 2 aromatic rings. The molecule has 0 aliphatic carbocycles. The quantitative estimate of drug-likeness (QED) is 0.707. The zero-order valence-electron chi connectivity index (χ0n) is 18.7. The standard InChI is InChI=1S/C25H30ClN3O3/c1-18-15-27(16-19(2)32-18)17-20-3-5-21(6-4-20)24(30)28-11-13-29(14-12-28)25(31)22-7-9-23(26)10-8-22/h3-10,18-19H,11-17H2,1-2H3. The normalized spacial score (nSPS) is 22.1. The van der Waals surface area contributed by atoms with Crippen molar-refractivity contribution < 1.29 is 14.3 Å². The van der Waals surface area contributed by atoms with Gasteiger partial charge in [-0.25, -0.2) is 0 Å². The first-order valence-corrected chi connectivity index (χ1v) is 11.6. The molecule has 0 radical (unpaired) electrons. The third-order valence-corrected chi connectivity index (χ3v) is 6.30. The second-order valence-corrected chi connectivity index (χ2v) is 9.18. The van der Waals surface area contributed by atoms with Gasteiger partial charge in [-0.15, -0.1) is 0 Å². The molecule has 0 saturated carbocycles. The van der Waals surface area contributed by atoms with Crippen LogP contribution in [0, 0.1) is 0 Å². The van der Waals surface area contributed by atoms with E-state index in [4.69, 9.17) is 16.3 Å². The second-order valence-electron chi connectivity index (χ2n) is 8.74. The molecule has 2 unspecified atom stereocenters. The summed E-state index contributed by atoms with van der Waals surface area (Å²) in [7, 11) is 0. The van der Waals surface area contributed by atoms with Gasteiger partial charge in [-0.2, -0.15) is 0 Å². The van der Waals surface area contributed by atoms with E-state index in [1.54, 1.807) is 29.2 Å². The topological polar surface area (TPSA) is 53.1 Å². The van der Waals surface area contributed by atoms with Gasteiger partial charge in [-0.3, -0.25) is 14.5 Å². The first-order chi connectivity index (χ1) is 15.4. The van der Waals surface area contributed by atoms with E-state index in [2.05, 4.69) is 18.7 Å². The van der Waals surface area contributed by atoms with Gasteiger partial charge in [-0.05, 0) is 55.8 Å². The predicted molar refractivity (Wildman–Crippen MR) is 125 cm³/mol. The molecular formula is C25H30ClN3O3. The van der Waals surface area contributed by atoms with Gasteiger partial charge in [0.2, 0.25) is 0 Å². The van der Waals surface area contributed by atoms with Crippen LogP contribution >= 0.6 is 11.6 Å². The largest absolute Gasteiger partial charge is 0.373 e. The summed E-state index contributed by atoms with van der Waals surface area (Å²) in [5, 5.41) is 0.608. The highest BCUT2D eigenvalue weighted by Crippen LogP contribution is 2.17. The van der Waals surface area contributed by atoms with Gasteiger partial charge in [0.05, 0.1) is 12.2 Å². The molecular weight excluding hydrogens is 426 g/mol. The van der Waals surface area contributed by atoms with E-state index in [-0.39, 0.29) is 24.0 Å². The summed E-state index contributed by atoms with van der Waals surface area (Å²) in [4.78, 5) is 31.6. The Kier molecular flexibility index (Phi) is 7.13. The van der Waals surface area contributed by atoms with Crippen molar-refractivity contribution in [1.82, 2.24) is 14.7 Å². The van der Waals surface area contributed by atoms with Crippen molar-refractivity contribution in [2.75, 3.05) is 39.3 Å². The van der Waals surface area contributed by atoms with Crippen molar-refractivity contribution in [2.24, 2.45) is 0 Å². The van der Waals surface area contributed by atoms with Gasteiger partial charge in [0.1, 0.15) is 0 Å². The molecule has 2 aromatic carbocycles. The molecule has 0 aromatic heterocycles. The summed E-state index contributed by atoms with van der Waals surface area (Å²) in [6.45, 7) is 9.02. The van der Waals surface area contributed by atoms with E-state index in [0.29, 0.717) is 42.3 Å². The fourth-order valence-electron chi connectivity index (χ4n) is 4.49. The SMILES string of the molecule is CC1CN(Cc2ccc(C(=O)N3CCN(C(=O)c4ccc(Cl)cc4)CC3)cc2)CC(C)O1. The highest BCUT2D eigenvalue weighted by molar-refractivity contribution is 6.30. The average molecular weight is 456 g/mol. The molecule has 4 rings (SSSR count). The number of amides is 2. The first kappa shape index (κ1) is 22.8. The number of piperazine rings is 1. The molecule has 2 heterocycles. The Balaban J connectivity index is 1.30. The van der Waals surface area contributed by atoms with Crippen molar-refractivity contribution in [1.29, 1.82) is 0 Å². The molecule has 2 saturated heterocycles. The zero-order chi connectivity index (χ0) is 22.7. The number of ether oxygens (including phenoxy) is 1. The Bertz CT molecular complexity index is 930. The van der Waals surface area contributed by atoms with Crippen molar-refractivity contribution in [3.63, 3.8) is 0 Å². The number of carbonyl (C=O) groups is 2. The van der Waals surface area contributed by atoms with Gasteiger partial charge < -0.3 is 14.5 Å². The maximum Gasteiger partial charge on any atom is 0.253 e. The molecule has 0 spiro atoms. The number of morpholine rings is 1. The molecule has 2 atom stereocenters. The monoisotopic (exact) mass is 455 g/mol. The Morgan fingerprint density at radius 1 is 0.812 bits per heavy atom.